The van der Waals surface area contributed by atoms with Crippen molar-refractivity contribution in [3.63, 3.8) is 0 Å². The fourth-order valence-electron chi connectivity index (χ4n) is 6.27. The van der Waals surface area contributed by atoms with Crippen LogP contribution in [0.15, 0.2) is 60.7 Å². The zero-order chi connectivity index (χ0) is 31.9. The average molecular weight is 614 g/mol. The second kappa shape index (κ2) is 14.5. The first-order valence-electron chi connectivity index (χ1n) is 15.6. The minimum absolute atomic E-state index is 0.0424. The van der Waals surface area contributed by atoms with E-state index < -0.39 is 12.1 Å². The van der Waals surface area contributed by atoms with Crippen LogP contribution < -0.4 is 19.5 Å². The molecule has 0 radical (unpaired) electrons. The molecule has 1 aromatic heterocycles. The van der Waals surface area contributed by atoms with Gasteiger partial charge in [0.05, 0.1) is 26.8 Å². The fraction of sp³-hybridized carbons (Fsp3) is 0.429. The topological polar surface area (TPSA) is 108 Å². The molecule has 10 heteroatoms. The van der Waals surface area contributed by atoms with Gasteiger partial charge < -0.3 is 24.4 Å². The zero-order valence-electron chi connectivity index (χ0n) is 26.8. The normalized spacial score (nSPS) is 14.9. The Morgan fingerprint density at radius 3 is 2.29 bits per heavy atom. The van der Waals surface area contributed by atoms with Crippen LogP contribution in [0.4, 0.5) is 0 Å². The lowest BCUT2D eigenvalue weighted by molar-refractivity contribution is -0.143. The minimum Gasteiger partial charge on any atom is -0.493 e. The van der Waals surface area contributed by atoms with E-state index in [1.54, 1.807) is 28.6 Å². The molecule has 10 nitrogen and oxygen atoms in total. The van der Waals surface area contributed by atoms with Gasteiger partial charge in [-0.1, -0.05) is 60.9 Å². The van der Waals surface area contributed by atoms with Crippen LogP contribution in [0.25, 0.3) is 11.0 Å². The van der Waals surface area contributed by atoms with Crippen LogP contribution >= 0.6 is 0 Å². The number of ether oxygens (including phenoxy) is 3. The monoisotopic (exact) mass is 613 g/mol. The summed E-state index contributed by atoms with van der Waals surface area (Å²) < 4.78 is 18.6. The van der Waals surface area contributed by atoms with Crippen molar-refractivity contribution in [2.45, 2.75) is 70.5 Å². The second-order valence-electron chi connectivity index (χ2n) is 11.6. The summed E-state index contributed by atoms with van der Waals surface area (Å²) in [5.41, 5.74) is 4.22. The Bertz CT molecular complexity index is 1600. The molecule has 5 rings (SSSR count). The molecule has 0 spiro atoms. The number of methoxy groups -OCH3 is 3. The molecule has 2 amide bonds. The van der Waals surface area contributed by atoms with Crippen LogP contribution in [-0.2, 0) is 16.0 Å². The third-order valence-corrected chi connectivity index (χ3v) is 8.78. The van der Waals surface area contributed by atoms with Crippen molar-refractivity contribution in [1.29, 1.82) is 0 Å². The molecular weight excluding hydrogens is 570 g/mol. The number of fused-ring (bicyclic) bond motifs is 1. The van der Waals surface area contributed by atoms with Gasteiger partial charge in [0.15, 0.2) is 11.5 Å². The molecule has 0 saturated heterocycles. The van der Waals surface area contributed by atoms with Gasteiger partial charge in [0.1, 0.15) is 17.6 Å². The number of amides is 2. The Hall–Kier alpha value is -4.60. The first-order chi connectivity index (χ1) is 21.9. The smallest absolute Gasteiger partial charge is 0.248 e. The van der Waals surface area contributed by atoms with Gasteiger partial charge in [-0.15, -0.1) is 5.10 Å². The number of para-hydroxylation sites is 1. The van der Waals surface area contributed by atoms with Crippen LogP contribution in [0.1, 0.15) is 67.8 Å². The molecule has 1 fully saturated rings. The van der Waals surface area contributed by atoms with Gasteiger partial charge in [-0.2, -0.15) is 0 Å². The number of rotatable bonds is 12. The number of carbonyl (C=O) groups is 2. The van der Waals surface area contributed by atoms with Crippen LogP contribution in [0.2, 0.25) is 0 Å². The summed E-state index contributed by atoms with van der Waals surface area (Å²) in [5, 5.41) is 11.9. The third kappa shape index (κ3) is 6.90. The van der Waals surface area contributed by atoms with E-state index in [1.165, 1.54) is 21.3 Å². The van der Waals surface area contributed by atoms with Crippen LogP contribution in [-0.4, -0.2) is 65.6 Å². The van der Waals surface area contributed by atoms with Crippen LogP contribution in [0, 0.1) is 6.92 Å². The highest BCUT2D eigenvalue weighted by Crippen LogP contribution is 2.41. The molecule has 0 aliphatic heterocycles. The van der Waals surface area contributed by atoms with E-state index in [-0.39, 0.29) is 17.9 Å². The zero-order valence-corrected chi connectivity index (χ0v) is 26.8. The Balaban J connectivity index is 1.61. The highest BCUT2D eigenvalue weighted by Gasteiger charge is 2.37. The standard InChI is InChI=1S/C35H43N5O5/c1-23-13-9-10-14-25(23)19-20-39(35(42)24(2)40-29-18-12-11-17-28(29)37-38-40)32(34(41)36-27-15-7-6-8-16-27)26-21-30(43-3)33(45-5)31(22-26)44-4/h9-14,17-18,21-22,24,27,32H,6-8,15-16,19-20H2,1-5H3,(H,36,41). The molecule has 3 aromatic carbocycles. The van der Waals surface area contributed by atoms with Gasteiger partial charge in [-0.3, -0.25) is 9.59 Å². The van der Waals surface area contributed by atoms with E-state index in [1.807, 2.05) is 36.4 Å². The maximum Gasteiger partial charge on any atom is 0.248 e. The molecule has 4 aromatic rings. The third-order valence-electron chi connectivity index (χ3n) is 8.78. The number of aryl methyl sites for hydroxylation is 1. The summed E-state index contributed by atoms with van der Waals surface area (Å²) in [6.45, 7) is 4.15. The van der Waals surface area contributed by atoms with Gasteiger partial charge in [-0.25, -0.2) is 4.68 Å². The summed E-state index contributed by atoms with van der Waals surface area (Å²) >= 11 is 0. The first kappa shape index (κ1) is 31.8. The second-order valence-corrected chi connectivity index (χ2v) is 11.6. The van der Waals surface area contributed by atoms with Crippen LogP contribution in [0.5, 0.6) is 17.2 Å². The maximum absolute atomic E-state index is 14.7. The SMILES string of the molecule is COc1cc(C(C(=O)NC2CCCCC2)N(CCc2ccccc2C)C(=O)C(C)n2nnc3ccccc32)cc(OC)c1OC. The van der Waals surface area contributed by atoms with Gasteiger partial charge in [0.2, 0.25) is 17.6 Å². The molecule has 2 atom stereocenters. The van der Waals surface area contributed by atoms with Gasteiger partial charge in [0, 0.05) is 12.6 Å². The fourth-order valence-corrected chi connectivity index (χ4v) is 6.27. The van der Waals surface area contributed by atoms with Gasteiger partial charge in [-0.05, 0) is 74.1 Å². The summed E-state index contributed by atoms with van der Waals surface area (Å²) in [6, 6.07) is 17.5. The lowest BCUT2D eigenvalue weighted by atomic mass is 9.94. The lowest BCUT2D eigenvalue weighted by Gasteiger charge is -2.35. The summed E-state index contributed by atoms with van der Waals surface area (Å²) in [4.78, 5) is 30.8. The van der Waals surface area contributed by atoms with Crippen molar-refractivity contribution in [3.05, 3.63) is 77.4 Å². The summed E-state index contributed by atoms with van der Waals surface area (Å²) in [5.74, 6) is 0.727. The van der Waals surface area contributed by atoms with Gasteiger partial charge >= 0.3 is 0 Å². The number of benzene rings is 3. The molecule has 2 unspecified atom stereocenters. The predicted molar refractivity (Wildman–Crippen MR) is 173 cm³/mol. The van der Waals surface area contributed by atoms with Gasteiger partial charge in [0.25, 0.3) is 0 Å². The van der Waals surface area contributed by atoms with Crippen molar-refractivity contribution in [3.8, 4) is 17.2 Å². The number of aromatic nitrogens is 3. The molecule has 1 N–H and O–H groups in total. The number of nitrogens with one attached hydrogen (secondary N) is 1. The number of hydrogen-bond acceptors (Lipinski definition) is 7. The van der Waals surface area contributed by atoms with E-state index in [0.29, 0.717) is 41.3 Å². The Morgan fingerprint density at radius 2 is 1.62 bits per heavy atom. The maximum atomic E-state index is 14.7. The molecule has 1 aliphatic carbocycles. The largest absolute Gasteiger partial charge is 0.493 e. The molecule has 1 aliphatic rings. The Kier molecular flexibility index (Phi) is 10.2. The van der Waals surface area contributed by atoms with E-state index in [9.17, 15) is 9.59 Å². The van der Waals surface area contributed by atoms with Crippen molar-refractivity contribution in [2.75, 3.05) is 27.9 Å². The summed E-state index contributed by atoms with van der Waals surface area (Å²) in [7, 11) is 4.61. The predicted octanol–water partition coefficient (Wildman–Crippen LogP) is 5.59. The first-order valence-corrected chi connectivity index (χ1v) is 15.6. The van der Waals surface area contributed by atoms with E-state index in [4.69, 9.17) is 14.2 Å². The highest BCUT2D eigenvalue weighted by molar-refractivity contribution is 5.91. The van der Waals surface area contributed by atoms with Crippen molar-refractivity contribution in [2.24, 2.45) is 0 Å². The lowest BCUT2D eigenvalue weighted by Crippen LogP contribution is -2.49. The minimum atomic E-state index is -0.977. The quantitative estimate of drug-likeness (QED) is 0.222. The van der Waals surface area contributed by atoms with Crippen molar-refractivity contribution < 1.29 is 23.8 Å². The van der Waals surface area contributed by atoms with Crippen molar-refractivity contribution >= 4 is 22.8 Å². The molecule has 1 saturated carbocycles. The van der Waals surface area contributed by atoms with E-state index in [0.717, 1.165) is 48.7 Å². The highest BCUT2D eigenvalue weighted by atomic mass is 16.5. The summed E-state index contributed by atoms with van der Waals surface area (Å²) in [6.07, 6.45) is 5.66. The van der Waals surface area contributed by atoms with Crippen molar-refractivity contribution in [1.82, 2.24) is 25.2 Å². The number of carbonyl (C=O) groups excluding carboxylic acids is 2. The molecule has 45 heavy (non-hydrogen) atoms. The Labute approximate surface area is 264 Å². The molecule has 1 heterocycles. The average Bonchev–Trinajstić information content (AvgIpc) is 3.50. The van der Waals surface area contributed by atoms with E-state index >= 15 is 0 Å². The number of hydrogen-bond donors (Lipinski definition) is 1. The van der Waals surface area contributed by atoms with Crippen LogP contribution in [0.3, 0.4) is 0 Å². The Morgan fingerprint density at radius 1 is 0.956 bits per heavy atom. The van der Waals surface area contributed by atoms with E-state index in [2.05, 4.69) is 34.7 Å². The number of nitrogens with zero attached hydrogens (tertiary/aromatic N) is 4. The molecule has 0 bridgehead atoms. The molecular formula is C35H43N5O5. The molecule has 238 valence electrons.